The lowest BCUT2D eigenvalue weighted by Gasteiger charge is -2.27. The predicted molar refractivity (Wildman–Crippen MR) is 265 cm³/mol. The molecule has 2 saturated carbocycles. The van der Waals surface area contributed by atoms with Gasteiger partial charge in [-0.1, -0.05) is 170 Å². The summed E-state index contributed by atoms with van der Waals surface area (Å²) in [5.41, 5.74) is 14.2. The lowest BCUT2D eigenvalue weighted by atomic mass is 9.77. The van der Waals surface area contributed by atoms with E-state index in [1.54, 1.807) is 0 Å². The number of fused-ring (bicyclic) bond motifs is 4. The van der Waals surface area contributed by atoms with Gasteiger partial charge in [0.2, 0.25) is 0 Å². The fourth-order valence-corrected chi connectivity index (χ4v) is 10.6. The van der Waals surface area contributed by atoms with Crippen LogP contribution in [-0.4, -0.2) is 19.9 Å². The van der Waals surface area contributed by atoms with Crippen molar-refractivity contribution in [2.45, 2.75) is 37.5 Å². The van der Waals surface area contributed by atoms with Crippen molar-refractivity contribution in [3.63, 3.8) is 0 Å². The van der Waals surface area contributed by atoms with Gasteiger partial charge in [0.05, 0.1) is 29.3 Å². The number of aromatic nitrogens is 4. The van der Waals surface area contributed by atoms with Crippen molar-refractivity contribution in [1.82, 2.24) is 19.9 Å². The maximum atomic E-state index is 7.34. The molecule has 5 heteroatoms. The molecule has 2 aliphatic rings. The third kappa shape index (κ3) is 7.14. The van der Waals surface area contributed by atoms with Crippen LogP contribution in [0.15, 0.2) is 194 Å². The lowest BCUT2D eigenvalue weighted by molar-refractivity contribution is 0.419. The summed E-state index contributed by atoms with van der Waals surface area (Å²) in [6.07, 6.45) is 6.59. The van der Waals surface area contributed by atoms with E-state index in [-0.39, 0.29) is 0 Å². The van der Waals surface area contributed by atoms with Gasteiger partial charge in [-0.3, -0.25) is 0 Å². The highest BCUT2D eigenvalue weighted by atomic mass is 14.9. The van der Waals surface area contributed by atoms with Gasteiger partial charge in [0.1, 0.15) is 0 Å². The molecule has 8 aromatic carbocycles. The molecule has 0 atom stereocenters. The molecular formula is C60H43N5. The Morgan fingerprint density at radius 3 is 1.65 bits per heavy atom. The van der Waals surface area contributed by atoms with Crippen LogP contribution in [0.2, 0.25) is 0 Å². The fraction of sp³-hybridized carbons (Fsp3) is 0.117. The Hall–Kier alpha value is -8.07. The highest BCUT2D eigenvalue weighted by Gasteiger charge is 2.45. The first-order valence-electron chi connectivity index (χ1n) is 22.6. The van der Waals surface area contributed by atoms with E-state index in [0.717, 1.165) is 94.7 Å². The van der Waals surface area contributed by atoms with E-state index < -0.39 is 0 Å². The average molecular weight is 834 g/mol. The van der Waals surface area contributed by atoms with Gasteiger partial charge in [-0.05, 0) is 106 Å². The second kappa shape index (κ2) is 15.9. The van der Waals surface area contributed by atoms with E-state index in [4.69, 9.17) is 26.5 Å². The van der Waals surface area contributed by atoms with Crippen molar-refractivity contribution < 1.29 is 0 Å². The van der Waals surface area contributed by atoms with Gasteiger partial charge in [0.25, 0.3) is 0 Å². The Morgan fingerprint density at radius 1 is 0.415 bits per heavy atom. The predicted octanol–water partition coefficient (Wildman–Crippen LogP) is 15.6. The van der Waals surface area contributed by atoms with E-state index in [0.29, 0.717) is 22.8 Å². The molecule has 10 aromatic rings. The number of rotatable bonds is 8. The van der Waals surface area contributed by atoms with Gasteiger partial charge >= 0.3 is 0 Å². The smallest absolute Gasteiger partial charge is 0.187 e. The SMILES string of the molecule is [C-]#[N+]c1ccc(-c2ccc(-c3cc(-c4cccc5ccccc45)nc(-c4ccc5c(-c6cc(-c7cccc(C89CCC(CC8)C9)c7)nc(-c7ccccc7)n6)cccc5c4)n3)cc2)cc1. The molecule has 0 N–H and O–H groups in total. The largest absolute Gasteiger partial charge is 0.238 e. The molecule has 12 rings (SSSR count). The minimum atomic E-state index is 0.309. The van der Waals surface area contributed by atoms with Gasteiger partial charge in [-0.2, -0.15) is 0 Å². The monoisotopic (exact) mass is 833 g/mol. The molecule has 0 amide bonds. The fourth-order valence-electron chi connectivity index (χ4n) is 10.6. The Balaban J connectivity index is 0.964. The van der Waals surface area contributed by atoms with Crippen molar-refractivity contribution in [3.05, 3.63) is 211 Å². The first-order valence-corrected chi connectivity index (χ1v) is 22.6. The first kappa shape index (κ1) is 38.6. The minimum Gasteiger partial charge on any atom is -0.238 e. The van der Waals surface area contributed by atoms with Gasteiger partial charge < -0.3 is 0 Å². The molecule has 0 unspecified atom stereocenters. The highest BCUT2D eigenvalue weighted by molar-refractivity contribution is 5.99. The molecule has 308 valence electrons. The summed E-state index contributed by atoms with van der Waals surface area (Å²) in [5, 5.41) is 4.48. The molecular weight excluding hydrogens is 791 g/mol. The minimum absolute atomic E-state index is 0.309. The van der Waals surface area contributed by atoms with Crippen LogP contribution in [0.5, 0.6) is 0 Å². The van der Waals surface area contributed by atoms with Crippen LogP contribution in [0, 0.1) is 12.5 Å². The van der Waals surface area contributed by atoms with E-state index in [1.165, 1.54) is 37.7 Å². The summed E-state index contributed by atoms with van der Waals surface area (Å²) in [7, 11) is 0. The van der Waals surface area contributed by atoms with Crippen molar-refractivity contribution in [2.75, 3.05) is 0 Å². The van der Waals surface area contributed by atoms with Crippen molar-refractivity contribution in [2.24, 2.45) is 5.92 Å². The van der Waals surface area contributed by atoms with E-state index in [1.807, 2.05) is 30.3 Å². The van der Waals surface area contributed by atoms with Crippen molar-refractivity contribution in [3.8, 4) is 78.9 Å². The Labute approximate surface area is 379 Å². The number of nitrogens with zero attached hydrogens (tertiary/aromatic N) is 5. The van der Waals surface area contributed by atoms with Crippen LogP contribution < -0.4 is 0 Å². The first-order chi connectivity index (χ1) is 32.1. The molecule has 2 aromatic heterocycles. The molecule has 0 spiro atoms. The van der Waals surface area contributed by atoms with E-state index in [2.05, 4.69) is 169 Å². The Bertz CT molecular complexity index is 3460. The number of benzene rings is 8. The normalized spacial score (nSPS) is 16.5. The Kier molecular flexibility index (Phi) is 9.46. The average Bonchev–Trinajstić information content (AvgIpc) is 4.02. The molecule has 2 aliphatic carbocycles. The van der Waals surface area contributed by atoms with Crippen molar-refractivity contribution in [1.29, 1.82) is 0 Å². The van der Waals surface area contributed by atoms with E-state index in [9.17, 15) is 0 Å². The van der Waals surface area contributed by atoms with Gasteiger partial charge in [-0.15, -0.1) is 0 Å². The maximum absolute atomic E-state index is 7.34. The summed E-state index contributed by atoms with van der Waals surface area (Å²) in [4.78, 5) is 24.6. The molecule has 0 aliphatic heterocycles. The zero-order valence-corrected chi connectivity index (χ0v) is 35.8. The second-order valence-electron chi connectivity index (χ2n) is 17.8. The third-order valence-electron chi connectivity index (χ3n) is 14.0. The summed E-state index contributed by atoms with van der Waals surface area (Å²) >= 11 is 0. The third-order valence-corrected chi connectivity index (χ3v) is 14.0. The molecule has 65 heavy (non-hydrogen) atoms. The van der Waals surface area contributed by atoms with Gasteiger partial charge in [-0.25, -0.2) is 24.8 Å². The van der Waals surface area contributed by atoms with Crippen LogP contribution in [0.1, 0.15) is 37.7 Å². The van der Waals surface area contributed by atoms with Gasteiger partial charge in [0.15, 0.2) is 17.3 Å². The topological polar surface area (TPSA) is 55.9 Å². The molecule has 0 saturated heterocycles. The summed E-state index contributed by atoms with van der Waals surface area (Å²) in [5.74, 6) is 2.25. The zero-order valence-electron chi connectivity index (χ0n) is 35.8. The summed E-state index contributed by atoms with van der Waals surface area (Å²) < 4.78 is 0. The molecule has 2 bridgehead atoms. The molecule has 2 fully saturated rings. The maximum Gasteiger partial charge on any atom is 0.187 e. The zero-order chi connectivity index (χ0) is 43.3. The number of hydrogen-bond donors (Lipinski definition) is 0. The van der Waals surface area contributed by atoms with Crippen molar-refractivity contribution >= 4 is 27.2 Å². The van der Waals surface area contributed by atoms with Crippen LogP contribution in [0.25, 0.3) is 105 Å². The van der Waals surface area contributed by atoms with Gasteiger partial charge in [0, 0.05) is 33.4 Å². The standard InChI is InChI=1S/C60H43N5/c1-61-49-27-24-41(25-28-49)40-20-22-43(23-21-40)54-36-56(52-18-8-13-42-10-5-6-17-50(42)52)65-59(62-54)47-26-29-51-45(34-47)14-9-19-53(51)57-37-55(63-58(64-57)44-11-3-2-4-12-44)46-15-7-16-48(35-46)60-32-30-39(38-60)31-33-60/h2-29,34-37,39H,30-33,38H2. The quantitative estimate of drug-likeness (QED) is 0.143. The van der Waals surface area contributed by atoms with E-state index >= 15 is 0 Å². The van der Waals surface area contributed by atoms with Crippen LogP contribution in [0.3, 0.4) is 0 Å². The molecule has 5 nitrogen and oxygen atoms in total. The second-order valence-corrected chi connectivity index (χ2v) is 17.8. The summed E-state index contributed by atoms with van der Waals surface area (Å²) in [6, 6.07) is 67.9. The highest BCUT2D eigenvalue weighted by Crippen LogP contribution is 2.55. The van der Waals surface area contributed by atoms with Crippen LogP contribution in [0.4, 0.5) is 5.69 Å². The molecule has 2 heterocycles. The number of hydrogen-bond acceptors (Lipinski definition) is 4. The lowest BCUT2D eigenvalue weighted by Crippen LogP contribution is -2.19. The van der Waals surface area contributed by atoms with Crippen LogP contribution >= 0.6 is 0 Å². The Morgan fingerprint density at radius 2 is 0.954 bits per heavy atom. The summed E-state index contributed by atoms with van der Waals surface area (Å²) in [6.45, 7) is 7.34. The van der Waals surface area contributed by atoms with Crippen LogP contribution in [-0.2, 0) is 5.41 Å². The molecule has 0 radical (unpaired) electrons.